The Morgan fingerprint density at radius 3 is 2.56 bits per heavy atom. The summed E-state index contributed by atoms with van der Waals surface area (Å²) in [7, 11) is 0. The van der Waals surface area contributed by atoms with Crippen LogP contribution in [0.5, 0.6) is 11.6 Å². The van der Waals surface area contributed by atoms with Crippen molar-refractivity contribution in [1.82, 2.24) is 4.98 Å². The van der Waals surface area contributed by atoms with Crippen LogP contribution in [0.3, 0.4) is 0 Å². The fourth-order valence-electron chi connectivity index (χ4n) is 2.59. The lowest BCUT2D eigenvalue weighted by molar-refractivity contribution is -0.114. The quantitative estimate of drug-likeness (QED) is 0.739. The maximum atomic E-state index is 11.8. The number of rotatable bonds is 3. The summed E-state index contributed by atoms with van der Waals surface area (Å²) in [6, 6.07) is 7.34. The molecule has 0 N–H and O–H groups in total. The molecular formula is C19H16ClN3O2. The number of pyridine rings is 1. The molecule has 1 aromatic carbocycles. The van der Waals surface area contributed by atoms with Crippen molar-refractivity contribution in [3.05, 3.63) is 70.0 Å². The molecule has 1 aliphatic heterocycles. The molecule has 1 amide bonds. The second-order valence-corrected chi connectivity index (χ2v) is 6.16. The van der Waals surface area contributed by atoms with Crippen molar-refractivity contribution in [3.63, 3.8) is 0 Å². The molecule has 0 saturated carbocycles. The third kappa shape index (κ3) is 3.23. The van der Waals surface area contributed by atoms with Crippen LogP contribution in [0.15, 0.2) is 58.5 Å². The third-order valence-corrected chi connectivity index (χ3v) is 4.44. The number of hydrogen-bond acceptors (Lipinski definition) is 4. The third-order valence-electron chi connectivity index (χ3n) is 3.98. The second kappa shape index (κ2) is 6.61. The normalized spacial score (nSPS) is 14.2. The van der Waals surface area contributed by atoms with Gasteiger partial charge in [-0.25, -0.2) is 4.98 Å². The van der Waals surface area contributed by atoms with Gasteiger partial charge in [-0.3, -0.25) is 4.79 Å². The fourth-order valence-corrected chi connectivity index (χ4v) is 2.74. The van der Waals surface area contributed by atoms with E-state index in [1.807, 2.05) is 32.0 Å². The molecule has 0 bridgehead atoms. The van der Waals surface area contributed by atoms with Crippen molar-refractivity contribution in [2.75, 3.05) is 0 Å². The number of ether oxygens (including phenoxy) is 1. The molecule has 0 aliphatic carbocycles. The van der Waals surface area contributed by atoms with Crippen LogP contribution in [0.1, 0.15) is 23.6 Å². The highest BCUT2D eigenvalue weighted by Gasteiger charge is 2.21. The standard InChI is InChI=1S/C19H16ClN3O2/c1-10-7-8-21-19(17(10)20)25-14-5-6-15(11(2)9-14)16-12(3)18(24)23-22-13(16)4/h5-9H,4H2,1-3H3. The summed E-state index contributed by atoms with van der Waals surface area (Å²) in [5, 5.41) is 7.89. The summed E-state index contributed by atoms with van der Waals surface area (Å²) < 4.78 is 5.80. The van der Waals surface area contributed by atoms with Crippen LogP contribution in [0.2, 0.25) is 5.02 Å². The number of halogens is 1. The largest absolute Gasteiger partial charge is 0.438 e. The van der Waals surface area contributed by atoms with Gasteiger partial charge in [-0.1, -0.05) is 24.2 Å². The van der Waals surface area contributed by atoms with Gasteiger partial charge in [-0.2, -0.15) is 0 Å². The lowest BCUT2D eigenvalue weighted by Gasteiger charge is -2.16. The zero-order valence-electron chi connectivity index (χ0n) is 14.1. The van der Waals surface area contributed by atoms with E-state index in [9.17, 15) is 4.79 Å². The predicted molar refractivity (Wildman–Crippen MR) is 96.8 cm³/mol. The van der Waals surface area contributed by atoms with Crippen molar-refractivity contribution >= 4 is 23.1 Å². The van der Waals surface area contributed by atoms with E-state index in [1.165, 1.54) is 0 Å². The maximum absolute atomic E-state index is 11.8. The van der Waals surface area contributed by atoms with Crippen molar-refractivity contribution in [3.8, 4) is 11.6 Å². The average molecular weight is 354 g/mol. The minimum absolute atomic E-state index is 0.349. The number of nitrogens with zero attached hydrogens (tertiary/aromatic N) is 3. The molecule has 0 atom stereocenters. The number of carbonyl (C=O) groups is 1. The highest BCUT2D eigenvalue weighted by atomic mass is 35.5. The summed E-state index contributed by atoms with van der Waals surface area (Å²) in [5.74, 6) is 0.613. The van der Waals surface area contributed by atoms with Gasteiger partial charge >= 0.3 is 0 Å². The van der Waals surface area contributed by atoms with Crippen molar-refractivity contribution in [2.45, 2.75) is 20.8 Å². The average Bonchev–Trinajstić information content (AvgIpc) is 2.57. The first-order chi connectivity index (χ1) is 11.9. The van der Waals surface area contributed by atoms with E-state index < -0.39 is 0 Å². The Hall–Kier alpha value is -2.79. The molecule has 126 valence electrons. The van der Waals surface area contributed by atoms with Gasteiger partial charge in [0, 0.05) is 17.3 Å². The number of benzene rings is 1. The van der Waals surface area contributed by atoms with Gasteiger partial charge in [0.1, 0.15) is 10.8 Å². The Morgan fingerprint density at radius 1 is 1.08 bits per heavy atom. The van der Waals surface area contributed by atoms with E-state index in [-0.39, 0.29) is 5.91 Å². The SMILES string of the molecule is C=C1N=NC(=O)C(C)=C1c1ccc(Oc2nccc(C)c2Cl)cc1C. The molecule has 5 nitrogen and oxygen atoms in total. The number of aryl methyl sites for hydroxylation is 2. The van der Waals surface area contributed by atoms with Crippen LogP contribution in [0, 0.1) is 13.8 Å². The van der Waals surface area contributed by atoms with Gasteiger partial charge in [0.15, 0.2) is 0 Å². The molecule has 2 heterocycles. The fraction of sp³-hybridized carbons (Fsp3) is 0.158. The Kier molecular flexibility index (Phi) is 4.51. The van der Waals surface area contributed by atoms with Crippen LogP contribution in [0.25, 0.3) is 5.57 Å². The monoisotopic (exact) mass is 353 g/mol. The van der Waals surface area contributed by atoms with Gasteiger partial charge in [-0.05, 0) is 55.7 Å². The van der Waals surface area contributed by atoms with E-state index in [0.717, 1.165) is 16.7 Å². The minimum Gasteiger partial charge on any atom is -0.438 e. The first-order valence-corrected chi connectivity index (χ1v) is 8.02. The van der Waals surface area contributed by atoms with Gasteiger partial charge in [0.05, 0.1) is 5.70 Å². The Balaban J connectivity index is 1.97. The Bertz CT molecular complexity index is 961. The topological polar surface area (TPSA) is 63.9 Å². The minimum atomic E-state index is -0.349. The number of allylic oxidation sites excluding steroid dienone is 1. The molecule has 0 spiro atoms. The molecule has 0 radical (unpaired) electrons. The molecule has 3 rings (SSSR count). The molecule has 6 heteroatoms. The maximum Gasteiger partial charge on any atom is 0.291 e. The van der Waals surface area contributed by atoms with Crippen LogP contribution in [-0.2, 0) is 4.79 Å². The molecule has 1 aliphatic rings. The number of azo groups is 1. The number of carbonyl (C=O) groups excluding carboxylic acids is 1. The smallest absolute Gasteiger partial charge is 0.291 e. The van der Waals surface area contributed by atoms with Crippen LogP contribution in [0.4, 0.5) is 0 Å². The molecule has 0 fully saturated rings. The van der Waals surface area contributed by atoms with E-state index >= 15 is 0 Å². The van der Waals surface area contributed by atoms with Crippen molar-refractivity contribution in [1.29, 1.82) is 0 Å². The highest BCUT2D eigenvalue weighted by molar-refractivity contribution is 6.32. The zero-order valence-corrected chi connectivity index (χ0v) is 14.9. The van der Waals surface area contributed by atoms with E-state index in [1.54, 1.807) is 19.2 Å². The molecule has 25 heavy (non-hydrogen) atoms. The van der Waals surface area contributed by atoms with Crippen molar-refractivity contribution < 1.29 is 9.53 Å². The van der Waals surface area contributed by atoms with Gasteiger partial charge in [-0.15, -0.1) is 10.2 Å². The van der Waals surface area contributed by atoms with Crippen LogP contribution >= 0.6 is 11.6 Å². The summed E-state index contributed by atoms with van der Waals surface area (Å²) in [6.45, 7) is 9.42. The Morgan fingerprint density at radius 2 is 1.84 bits per heavy atom. The lowest BCUT2D eigenvalue weighted by Crippen LogP contribution is -2.06. The first-order valence-electron chi connectivity index (χ1n) is 7.64. The predicted octanol–water partition coefficient (Wildman–Crippen LogP) is 5.42. The number of aromatic nitrogens is 1. The Labute approximate surface area is 150 Å². The number of amides is 1. The summed E-state index contributed by atoms with van der Waals surface area (Å²) >= 11 is 6.22. The van der Waals surface area contributed by atoms with Gasteiger partial charge < -0.3 is 4.74 Å². The lowest BCUT2D eigenvalue weighted by atomic mass is 9.93. The van der Waals surface area contributed by atoms with E-state index in [2.05, 4.69) is 21.8 Å². The highest BCUT2D eigenvalue weighted by Crippen LogP contribution is 2.35. The molecule has 0 saturated heterocycles. The van der Waals surface area contributed by atoms with Gasteiger partial charge in [0.25, 0.3) is 5.91 Å². The molecule has 0 unspecified atom stereocenters. The van der Waals surface area contributed by atoms with E-state index in [4.69, 9.17) is 16.3 Å². The van der Waals surface area contributed by atoms with Crippen molar-refractivity contribution in [2.24, 2.45) is 10.2 Å². The van der Waals surface area contributed by atoms with Crippen LogP contribution in [-0.4, -0.2) is 10.9 Å². The van der Waals surface area contributed by atoms with E-state index in [0.29, 0.717) is 33.5 Å². The zero-order chi connectivity index (χ0) is 18.1. The summed E-state index contributed by atoms with van der Waals surface area (Å²) in [4.78, 5) is 16.0. The summed E-state index contributed by atoms with van der Waals surface area (Å²) in [6.07, 6.45) is 1.65. The number of hydrogen-bond donors (Lipinski definition) is 0. The van der Waals surface area contributed by atoms with Crippen LogP contribution < -0.4 is 4.74 Å². The first kappa shape index (κ1) is 17.0. The molecule has 1 aromatic heterocycles. The molecule has 2 aromatic rings. The summed E-state index contributed by atoms with van der Waals surface area (Å²) in [5.41, 5.74) is 4.38. The molecular weight excluding hydrogens is 338 g/mol. The second-order valence-electron chi connectivity index (χ2n) is 5.78. The van der Waals surface area contributed by atoms with Gasteiger partial charge in [0.2, 0.25) is 5.88 Å².